The van der Waals surface area contributed by atoms with Gasteiger partial charge in [-0.1, -0.05) is 54.6 Å². The van der Waals surface area contributed by atoms with E-state index in [0.29, 0.717) is 12.1 Å². The summed E-state index contributed by atoms with van der Waals surface area (Å²) in [5, 5.41) is 15.6. The first kappa shape index (κ1) is 18.7. The first-order valence-corrected chi connectivity index (χ1v) is 9.15. The van der Waals surface area contributed by atoms with Crippen molar-refractivity contribution in [1.29, 1.82) is 0 Å². The Labute approximate surface area is 159 Å². The molecule has 0 aliphatic heterocycles. The third-order valence-corrected chi connectivity index (χ3v) is 4.37. The fourth-order valence-electron chi connectivity index (χ4n) is 2.84. The number of amides is 1. The Bertz CT molecular complexity index is 844. The van der Waals surface area contributed by atoms with Crippen LogP contribution in [0.2, 0.25) is 0 Å². The number of benzene rings is 3. The molecule has 0 bridgehead atoms. The second-order valence-electron chi connectivity index (χ2n) is 6.37. The van der Waals surface area contributed by atoms with Crippen molar-refractivity contribution in [3.63, 3.8) is 0 Å². The van der Waals surface area contributed by atoms with Gasteiger partial charge in [0.2, 0.25) is 0 Å². The average molecular weight is 360 g/mol. The minimum absolute atomic E-state index is 0.0721. The van der Waals surface area contributed by atoms with Gasteiger partial charge in [0, 0.05) is 18.7 Å². The second-order valence-corrected chi connectivity index (χ2v) is 6.37. The SMILES string of the molecule is O=C(NCCNCCc1ccccc1)c1ccc(-c2ccc(O)cc2)cc1. The molecule has 3 rings (SSSR count). The number of carbonyl (C=O) groups is 1. The van der Waals surface area contributed by atoms with Gasteiger partial charge in [0.15, 0.2) is 0 Å². The lowest BCUT2D eigenvalue weighted by molar-refractivity contribution is 0.0954. The summed E-state index contributed by atoms with van der Waals surface area (Å²) in [6, 6.07) is 24.8. The number of rotatable bonds is 8. The summed E-state index contributed by atoms with van der Waals surface area (Å²) in [6.45, 7) is 2.22. The van der Waals surface area contributed by atoms with E-state index in [9.17, 15) is 9.90 Å². The van der Waals surface area contributed by atoms with Crippen LogP contribution in [-0.4, -0.2) is 30.6 Å². The van der Waals surface area contributed by atoms with Crippen LogP contribution in [0.4, 0.5) is 0 Å². The van der Waals surface area contributed by atoms with E-state index in [2.05, 4.69) is 22.8 Å². The highest BCUT2D eigenvalue weighted by atomic mass is 16.3. The molecule has 3 aromatic carbocycles. The average Bonchev–Trinajstić information content (AvgIpc) is 2.72. The van der Waals surface area contributed by atoms with Crippen molar-refractivity contribution in [1.82, 2.24) is 10.6 Å². The molecule has 0 aliphatic carbocycles. The van der Waals surface area contributed by atoms with Crippen LogP contribution in [0.3, 0.4) is 0 Å². The van der Waals surface area contributed by atoms with E-state index in [-0.39, 0.29) is 11.7 Å². The van der Waals surface area contributed by atoms with Gasteiger partial charge in [-0.25, -0.2) is 0 Å². The maximum atomic E-state index is 12.2. The number of nitrogens with one attached hydrogen (secondary N) is 2. The first-order valence-electron chi connectivity index (χ1n) is 9.15. The lowest BCUT2D eigenvalue weighted by Crippen LogP contribution is -2.32. The zero-order valence-corrected chi connectivity index (χ0v) is 15.2. The largest absolute Gasteiger partial charge is 0.508 e. The summed E-state index contributed by atoms with van der Waals surface area (Å²) in [6.07, 6.45) is 0.980. The molecular formula is C23H24N2O2. The molecular weight excluding hydrogens is 336 g/mol. The van der Waals surface area contributed by atoms with Gasteiger partial charge in [-0.2, -0.15) is 0 Å². The molecule has 0 unspecified atom stereocenters. The van der Waals surface area contributed by atoms with E-state index in [1.165, 1.54) is 5.56 Å². The maximum absolute atomic E-state index is 12.2. The van der Waals surface area contributed by atoms with E-state index in [1.54, 1.807) is 12.1 Å². The predicted molar refractivity (Wildman–Crippen MR) is 109 cm³/mol. The fourth-order valence-corrected chi connectivity index (χ4v) is 2.84. The maximum Gasteiger partial charge on any atom is 0.251 e. The smallest absolute Gasteiger partial charge is 0.251 e. The first-order chi connectivity index (χ1) is 13.2. The van der Waals surface area contributed by atoms with Gasteiger partial charge < -0.3 is 15.7 Å². The van der Waals surface area contributed by atoms with Crippen molar-refractivity contribution in [3.8, 4) is 16.9 Å². The quantitative estimate of drug-likeness (QED) is 0.538. The third-order valence-electron chi connectivity index (χ3n) is 4.37. The fraction of sp³-hybridized carbons (Fsp3) is 0.174. The van der Waals surface area contributed by atoms with E-state index in [0.717, 1.165) is 30.6 Å². The molecule has 27 heavy (non-hydrogen) atoms. The lowest BCUT2D eigenvalue weighted by atomic mass is 10.0. The number of hydrogen-bond acceptors (Lipinski definition) is 3. The second kappa shape index (κ2) is 9.55. The molecule has 0 spiro atoms. The Kier molecular flexibility index (Phi) is 6.61. The Morgan fingerprint density at radius 2 is 1.37 bits per heavy atom. The zero-order chi connectivity index (χ0) is 18.9. The highest BCUT2D eigenvalue weighted by Gasteiger charge is 2.05. The third kappa shape index (κ3) is 5.69. The highest BCUT2D eigenvalue weighted by Crippen LogP contribution is 2.22. The van der Waals surface area contributed by atoms with Crippen LogP contribution in [0, 0.1) is 0 Å². The molecule has 0 saturated carbocycles. The van der Waals surface area contributed by atoms with Gasteiger partial charge in [0.1, 0.15) is 5.75 Å². The van der Waals surface area contributed by atoms with Crippen LogP contribution in [0.25, 0.3) is 11.1 Å². The van der Waals surface area contributed by atoms with E-state index in [4.69, 9.17) is 0 Å². The van der Waals surface area contributed by atoms with Gasteiger partial charge in [0.25, 0.3) is 5.91 Å². The summed E-state index contributed by atoms with van der Waals surface area (Å²) in [5.74, 6) is 0.171. The van der Waals surface area contributed by atoms with Crippen molar-refractivity contribution in [3.05, 3.63) is 90.0 Å². The van der Waals surface area contributed by atoms with E-state index < -0.39 is 0 Å². The van der Waals surface area contributed by atoms with Gasteiger partial charge in [-0.15, -0.1) is 0 Å². The van der Waals surface area contributed by atoms with Crippen molar-refractivity contribution < 1.29 is 9.90 Å². The Morgan fingerprint density at radius 3 is 2.04 bits per heavy atom. The molecule has 0 aliphatic rings. The Balaban J connectivity index is 1.40. The van der Waals surface area contributed by atoms with Crippen molar-refractivity contribution in [2.45, 2.75) is 6.42 Å². The van der Waals surface area contributed by atoms with Crippen LogP contribution < -0.4 is 10.6 Å². The minimum Gasteiger partial charge on any atom is -0.508 e. The molecule has 0 aromatic heterocycles. The lowest BCUT2D eigenvalue weighted by Gasteiger charge is -2.08. The van der Waals surface area contributed by atoms with Crippen LogP contribution in [0.15, 0.2) is 78.9 Å². The van der Waals surface area contributed by atoms with Gasteiger partial charge >= 0.3 is 0 Å². The summed E-state index contributed by atoms with van der Waals surface area (Å²) in [5.41, 5.74) is 3.96. The molecule has 3 aromatic rings. The van der Waals surface area contributed by atoms with Crippen molar-refractivity contribution in [2.75, 3.05) is 19.6 Å². The standard InChI is InChI=1S/C23H24N2O2/c26-22-12-10-20(11-13-22)19-6-8-21(9-7-19)23(27)25-17-16-24-15-14-18-4-2-1-3-5-18/h1-13,24,26H,14-17H2,(H,25,27). The minimum atomic E-state index is -0.0721. The molecule has 0 saturated heterocycles. The summed E-state index contributed by atoms with van der Waals surface area (Å²) >= 11 is 0. The highest BCUT2D eigenvalue weighted by molar-refractivity contribution is 5.94. The molecule has 0 atom stereocenters. The predicted octanol–water partition coefficient (Wildman–Crippen LogP) is 3.62. The number of phenols is 1. The number of phenolic OH excluding ortho intramolecular Hbond substituents is 1. The van der Waals surface area contributed by atoms with Crippen LogP contribution in [0.1, 0.15) is 15.9 Å². The Morgan fingerprint density at radius 1 is 0.741 bits per heavy atom. The molecule has 0 radical (unpaired) electrons. The van der Waals surface area contributed by atoms with E-state index in [1.807, 2.05) is 54.6 Å². The van der Waals surface area contributed by atoms with Crippen LogP contribution in [0.5, 0.6) is 5.75 Å². The summed E-state index contributed by atoms with van der Waals surface area (Å²) < 4.78 is 0. The number of aromatic hydroxyl groups is 1. The number of hydrogen-bond donors (Lipinski definition) is 3. The van der Waals surface area contributed by atoms with Crippen LogP contribution in [-0.2, 0) is 6.42 Å². The molecule has 3 N–H and O–H groups in total. The van der Waals surface area contributed by atoms with Gasteiger partial charge in [0.05, 0.1) is 0 Å². The summed E-state index contributed by atoms with van der Waals surface area (Å²) in [7, 11) is 0. The molecule has 0 heterocycles. The van der Waals surface area contributed by atoms with E-state index >= 15 is 0 Å². The molecule has 4 nitrogen and oxygen atoms in total. The normalized spacial score (nSPS) is 10.5. The van der Waals surface area contributed by atoms with Gasteiger partial charge in [-0.05, 0) is 53.9 Å². The van der Waals surface area contributed by atoms with Crippen LogP contribution >= 0.6 is 0 Å². The topological polar surface area (TPSA) is 61.4 Å². The molecule has 0 fully saturated rings. The monoisotopic (exact) mass is 360 g/mol. The number of carbonyl (C=O) groups excluding carboxylic acids is 1. The Hall–Kier alpha value is -3.11. The molecule has 1 amide bonds. The van der Waals surface area contributed by atoms with Crippen molar-refractivity contribution >= 4 is 5.91 Å². The zero-order valence-electron chi connectivity index (χ0n) is 15.2. The molecule has 4 heteroatoms. The van der Waals surface area contributed by atoms with Crippen molar-refractivity contribution in [2.24, 2.45) is 0 Å². The summed E-state index contributed by atoms with van der Waals surface area (Å²) in [4.78, 5) is 12.2. The molecule has 138 valence electrons. The van der Waals surface area contributed by atoms with Gasteiger partial charge in [-0.3, -0.25) is 4.79 Å².